The molecule has 8 rings (SSSR count). The predicted octanol–water partition coefficient (Wildman–Crippen LogP) is 4.68. The second-order valence-corrected chi connectivity index (χ2v) is 7.90. The molecule has 3 heteroatoms. The van der Waals surface area contributed by atoms with Crippen LogP contribution in [0.25, 0.3) is 11.0 Å². The SMILES string of the molecule is O=C1[C@@H]2C3c4ccccc4C(c4ccccc43)[C@@H]2c2nc3ccccc3n21. The van der Waals surface area contributed by atoms with Crippen molar-refractivity contribution in [3.63, 3.8) is 0 Å². The van der Waals surface area contributed by atoms with Crippen molar-refractivity contribution in [2.24, 2.45) is 5.92 Å². The van der Waals surface area contributed by atoms with E-state index in [9.17, 15) is 4.79 Å². The quantitative estimate of drug-likeness (QED) is 0.462. The van der Waals surface area contributed by atoms with Gasteiger partial charge in [0.05, 0.1) is 17.0 Å². The number of hydrogen-bond donors (Lipinski definition) is 0. The summed E-state index contributed by atoms with van der Waals surface area (Å²) in [6.45, 7) is 0. The Bertz CT molecular complexity index is 1240. The van der Waals surface area contributed by atoms with Crippen LogP contribution < -0.4 is 0 Å². The van der Waals surface area contributed by atoms with Gasteiger partial charge in [0.15, 0.2) is 0 Å². The van der Waals surface area contributed by atoms with Crippen LogP contribution in [0.1, 0.15) is 50.6 Å². The molecule has 0 amide bonds. The van der Waals surface area contributed by atoms with Crippen molar-refractivity contribution < 1.29 is 4.79 Å². The van der Waals surface area contributed by atoms with E-state index in [1.165, 1.54) is 22.3 Å². The summed E-state index contributed by atoms with van der Waals surface area (Å²) in [4.78, 5) is 18.6. The first-order valence-corrected chi connectivity index (χ1v) is 9.54. The first-order valence-electron chi connectivity index (χ1n) is 9.54. The zero-order valence-corrected chi connectivity index (χ0v) is 14.5. The van der Waals surface area contributed by atoms with Gasteiger partial charge in [-0.05, 0) is 34.4 Å². The number of hydrogen-bond acceptors (Lipinski definition) is 2. The van der Waals surface area contributed by atoms with E-state index < -0.39 is 0 Å². The molecule has 2 atom stereocenters. The van der Waals surface area contributed by atoms with Crippen LogP contribution in [0.4, 0.5) is 0 Å². The van der Waals surface area contributed by atoms with Gasteiger partial charge in [-0.25, -0.2) is 4.98 Å². The molecule has 3 aliphatic carbocycles. The predicted molar refractivity (Wildman–Crippen MR) is 103 cm³/mol. The number of carbonyl (C=O) groups excluding carboxylic acids is 1. The van der Waals surface area contributed by atoms with Crippen LogP contribution in [0, 0.1) is 5.92 Å². The van der Waals surface area contributed by atoms with Crippen molar-refractivity contribution in [1.82, 2.24) is 9.55 Å². The second-order valence-electron chi connectivity index (χ2n) is 7.90. The van der Waals surface area contributed by atoms with Crippen LogP contribution in [0.5, 0.6) is 0 Å². The summed E-state index contributed by atoms with van der Waals surface area (Å²) in [6, 6.07) is 25.4. The molecular weight excluding hydrogens is 332 g/mol. The maximum absolute atomic E-state index is 13.6. The number of aromatic nitrogens is 2. The third kappa shape index (κ3) is 1.47. The topological polar surface area (TPSA) is 34.9 Å². The summed E-state index contributed by atoms with van der Waals surface area (Å²) in [6.07, 6.45) is 0. The fourth-order valence-electron chi connectivity index (χ4n) is 5.93. The Balaban J connectivity index is 1.59. The molecule has 0 radical (unpaired) electrons. The lowest BCUT2D eigenvalue weighted by Crippen LogP contribution is -2.39. The van der Waals surface area contributed by atoms with E-state index in [2.05, 4.69) is 48.5 Å². The van der Waals surface area contributed by atoms with E-state index in [1.54, 1.807) is 0 Å². The van der Waals surface area contributed by atoms with E-state index in [4.69, 9.17) is 4.98 Å². The fraction of sp³-hybridized carbons (Fsp3) is 0.167. The van der Waals surface area contributed by atoms with Gasteiger partial charge >= 0.3 is 0 Å². The monoisotopic (exact) mass is 348 g/mol. The highest BCUT2D eigenvalue weighted by Crippen LogP contribution is 2.63. The lowest BCUT2D eigenvalue weighted by Gasteiger charge is -2.46. The number of rotatable bonds is 0. The van der Waals surface area contributed by atoms with E-state index >= 15 is 0 Å². The molecule has 0 saturated carbocycles. The summed E-state index contributed by atoms with van der Waals surface area (Å²) >= 11 is 0. The van der Waals surface area contributed by atoms with Crippen molar-refractivity contribution >= 4 is 16.9 Å². The Morgan fingerprint density at radius 1 is 0.667 bits per heavy atom. The zero-order valence-electron chi connectivity index (χ0n) is 14.5. The van der Waals surface area contributed by atoms with Crippen molar-refractivity contribution in [3.05, 3.63) is 101 Å². The van der Waals surface area contributed by atoms with Gasteiger partial charge < -0.3 is 0 Å². The summed E-state index contributed by atoms with van der Waals surface area (Å²) < 4.78 is 1.91. The molecule has 2 bridgehead atoms. The number of para-hydroxylation sites is 2. The lowest BCUT2D eigenvalue weighted by atomic mass is 9.55. The maximum atomic E-state index is 13.6. The number of imidazole rings is 1. The average Bonchev–Trinajstić information content (AvgIpc) is 3.24. The Morgan fingerprint density at radius 3 is 1.81 bits per heavy atom. The summed E-state index contributed by atoms with van der Waals surface area (Å²) in [7, 11) is 0. The smallest absolute Gasteiger partial charge is 0.237 e. The average molecular weight is 348 g/mol. The molecule has 0 spiro atoms. The molecule has 4 aliphatic rings. The van der Waals surface area contributed by atoms with Crippen molar-refractivity contribution in [2.45, 2.75) is 17.8 Å². The van der Waals surface area contributed by atoms with Crippen molar-refractivity contribution in [3.8, 4) is 0 Å². The summed E-state index contributed by atoms with van der Waals surface area (Å²) in [5, 5.41) is 0. The van der Waals surface area contributed by atoms with Gasteiger partial charge in [-0.1, -0.05) is 60.7 Å². The second kappa shape index (κ2) is 4.55. The van der Waals surface area contributed by atoms with E-state index in [0.717, 1.165) is 16.9 Å². The first-order chi connectivity index (χ1) is 13.3. The van der Waals surface area contributed by atoms with Crippen LogP contribution >= 0.6 is 0 Å². The van der Waals surface area contributed by atoms with E-state index in [1.807, 2.05) is 28.8 Å². The number of benzene rings is 3. The molecule has 0 N–H and O–H groups in total. The number of nitrogens with zero attached hydrogens (tertiary/aromatic N) is 2. The van der Waals surface area contributed by atoms with Gasteiger partial charge in [0.25, 0.3) is 0 Å². The molecule has 1 aliphatic heterocycles. The molecule has 4 aromatic rings. The maximum Gasteiger partial charge on any atom is 0.237 e. The minimum Gasteiger partial charge on any atom is -0.274 e. The molecule has 0 fully saturated rings. The third-order valence-corrected chi connectivity index (χ3v) is 6.83. The highest BCUT2D eigenvalue weighted by molar-refractivity contribution is 5.97. The molecule has 27 heavy (non-hydrogen) atoms. The molecule has 0 unspecified atom stereocenters. The van der Waals surface area contributed by atoms with Crippen LogP contribution in [0.2, 0.25) is 0 Å². The van der Waals surface area contributed by atoms with Crippen LogP contribution in [-0.2, 0) is 0 Å². The Labute approximate surface area is 156 Å². The molecule has 3 aromatic carbocycles. The van der Waals surface area contributed by atoms with Gasteiger partial charge in [0.2, 0.25) is 5.91 Å². The number of carbonyl (C=O) groups is 1. The highest BCUT2D eigenvalue weighted by atomic mass is 16.2. The highest BCUT2D eigenvalue weighted by Gasteiger charge is 2.58. The Kier molecular flexibility index (Phi) is 2.35. The largest absolute Gasteiger partial charge is 0.274 e. The van der Waals surface area contributed by atoms with Crippen LogP contribution in [0.3, 0.4) is 0 Å². The Morgan fingerprint density at radius 2 is 1.19 bits per heavy atom. The number of fused-ring (bicyclic) bond motifs is 3. The summed E-state index contributed by atoms with van der Waals surface area (Å²) in [5.74, 6) is 1.56. The van der Waals surface area contributed by atoms with Gasteiger partial charge in [-0.3, -0.25) is 9.36 Å². The minimum atomic E-state index is -0.0492. The Hall–Kier alpha value is -3.20. The third-order valence-electron chi connectivity index (χ3n) is 6.83. The van der Waals surface area contributed by atoms with Gasteiger partial charge in [0, 0.05) is 17.8 Å². The molecule has 128 valence electrons. The minimum absolute atomic E-state index is 0.0492. The molecule has 0 saturated heterocycles. The van der Waals surface area contributed by atoms with Gasteiger partial charge in [0.1, 0.15) is 5.82 Å². The fourth-order valence-corrected chi connectivity index (χ4v) is 5.93. The van der Waals surface area contributed by atoms with Crippen LogP contribution in [0.15, 0.2) is 72.8 Å². The van der Waals surface area contributed by atoms with E-state index in [0.29, 0.717) is 0 Å². The molecule has 1 aromatic heterocycles. The molecular formula is C24H16N2O. The zero-order chi connectivity index (χ0) is 17.7. The molecule has 3 nitrogen and oxygen atoms in total. The van der Waals surface area contributed by atoms with Crippen LogP contribution in [-0.4, -0.2) is 15.5 Å². The lowest BCUT2D eigenvalue weighted by molar-refractivity contribution is 0.0829. The van der Waals surface area contributed by atoms with Gasteiger partial charge in [-0.2, -0.15) is 0 Å². The van der Waals surface area contributed by atoms with Crippen molar-refractivity contribution in [1.29, 1.82) is 0 Å². The normalized spacial score (nSPS) is 26.6. The van der Waals surface area contributed by atoms with Crippen molar-refractivity contribution in [2.75, 3.05) is 0 Å². The standard InChI is InChI=1S/C24H16N2O/c27-24-22-20-15-9-3-1-7-13(15)19(14-8-2-4-10-16(14)20)21(22)23-25-17-11-5-6-12-18(17)26(23)24/h1-12,19-22H/t19?,20?,21-,22+/m0/s1. The van der Waals surface area contributed by atoms with E-state index in [-0.39, 0.29) is 29.6 Å². The molecule has 2 heterocycles. The first kappa shape index (κ1) is 13.9. The summed E-state index contributed by atoms with van der Waals surface area (Å²) in [5.41, 5.74) is 7.25. The van der Waals surface area contributed by atoms with Gasteiger partial charge in [-0.15, -0.1) is 0 Å².